The lowest BCUT2D eigenvalue weighted by molar-refractivity contribution is 0.342. The van der Waals surface area contributed by atoms with Crippen molar-refractivity contribution in [3.63, 3.8) is 0 Å². The molecule has 0 amide bonds. The lowest BCUT2D eigenvalue weighted by Gasteiger charge is -2.23. The molecule has 2 nitrogen and oxygen atoms in total. The number of nitrogens with two attached hydrogens (primary N) is 1. The number of rotatable bonds is 2. The van der Waals surface area contributed by atoms with E-state index in [2.05, 4.69) is 41.7 Å². The van der Waals surface area contributed by atoms with Gasteiger partial charge in [0, 0.05) is 12.2 Å². The van der Waals surface area contributed by atoms with Gasteiger partial charge in [-0.2, -0.15) is 0 Å². The minimum atomic E-state index is 0.0919. The van der Waals surface area contributed by atoms with E-state index >= 15 is 0 Å². The molecule has 1 unspecified atom stereocenters. The van der Waals surface area contributed by atoms with Crippen LogP contribution in [0.2, 0.25) is 0 Å². The highest BCUT2D eigenvalue weighted by Crippen LogP contribution is 2.28. The third-order valence-electron chi connectivity index (χ3n) is 2.01. The maximum absolute atomic E-state index is 6.10. The van der Waals surface area contributed by atoms with E-state index in [-0.39, 0.29) is 11.5 Å². The van der Waals surface area contributed by atoms with Gasteiger partial charge >= 0.3 is 0 Å². The molecule has 0 aliphatic carbocycles. The van der Waals surface area contributed by atoms with Crippen molar-refractivity contribution in [1.29, 1.82) is 0 Å². The number of hydrogen-bond donors (Lipinski definition) is 1. The van der Waals surface area contributed by atoms with E-state index in [1.54, 1.807) is 6.20 Å². The van der Waals surface area contributed by atoms with Gasteiger partial charge in [0.25, 0.3) is 0 Å². The number of pyridine rings is 1. The van der Waals surface area contributed by atoms with Gasteiger partial charge in [-0.05, 0) is 45.5 Å². The molecule has 0 aliphatic heterocycles. The SMILES string of the molecule is CC(C)(C)CC(N)c1ccnc(Br)c1. The first-order chi connectivity index (χ1) is 6.38. The van der Waals surface area contributed by atoms with Crippen LogP contribution in [-0.2, 0) is 0 Å². The summed E-state index contributed by atoms with van der Waals surface area (Å²) in [6.45, 7) is 6.59. The van der Waals surface area contributed by atoms with Crippen LogP contribution in [0.3, 0.4) is 0 Å². The van der Waals surface area contributed by atoms with Crippen molar-refractivity contribution in [2.45, 2.75) is 33.2 Å². The average Bonchev–Trinajstić information content (AvgIpc) is 2.01. The second-order valence-corrected chi connectivity index (χ2v) is 5.60. The minimum Gasteiger partial charge on any atom is -0.324 e. The number of nitrogens with zero attached hydrogens (tertiary/aromatic N) is 1. The van der Waals surface area contributed by atoms with Crippen molar-refractivity contribution in [3.8, 4) is 0 Å². The molecule has 3 heteroatoms. The van der Waals surface area contributed by atoms with Crippen LogP contribution in [0.25, 0.3) is 0 Å². The molecule has 14 heavy (non-hydrogen) atoms. The molecule has 1 aromatic heterocycles. The van der Waals surface area contributed by atoms with Crippen molar-refractivity contribution in [3.05, 3.63) is 28.5 Å². The molecule has 0 aliphatic rings. The van der Waals surface area contributed by atoms with Crippen LogP contribution in [-0.4, -0.2) is 4.98 Å². The fraction of sp³-hybridized carbons (Fsp3) is 0.545. The van der Waals surface area contributed by atoms with Crippen LogP contribution < -0.4 is 5.73 Å². The maximum Gasteiger partial charge on any atom is 0.106 e. The van der Waals surface area contributed by atoms with Gasteiger partial charge in [0.15, 0.2) is 0 Å². The summed E-state index contributed by atoms with van der Waals surface area (Å²) in [4.78, 5) is 4.08. The molecule has 1 aromatic rings. The lowest BCUT2D eigenvalue weighted by Crippen LogP contribution is -2.18. The predicted molar refractivity (Wildman–Crippen MR) is 62.9 cm³/mol. The molecule has 1 atom stereocenters. The fourth-order valence-corrected chi connectivity index (χ4v) is 1.81. The minimum absolute atomic E-state index is 0.0919. The zero-order valence-electron chi connectivity index (χ0n) is 8.92. The summed E-state index contributed by atoms with van der Waals surface area (Å²) in [5.74, 6) is 0. The first-order valence-electron chi connectivity index (χ1n) is 4.75. The molecule has 0 bridgehead atoms. The highest BCUT2D eigenvalue weighted by atomic mass is 79.9. The van der Waals surface area contributed by atoms with E-state index in [4.69, 9.17) is 5.73 Å². The third-order valence-corrected chi connectivity index (χ3v) is 2.44. The topological polar surface area (TPSA) is 38.9 Å². The largest absolute Gasteiger partial charge is 0.324 e. The van der Waals surface area contributed by atoms with E-state index in [1.165, 1.54) is 0 Å². The van der Waals surface area contributed by atoms with E-state index in [1.807, 2.05) is 12.1 Å². The number of aromatic nitrogens is 1. The van der Waals surface area contributed by atoms with Crippen LogP contribution in [0, 0.1) is 5.41 Å². The van der Waals surface area contributed by atoms with Crippen molar-refractivity contribution in [2.24, 2.45) is 11.1 Å². The molecular formula is C11H17BrN2. The number of hydrogen-bond acceptors (Lipinski definition) is 2. The Morgan fingerprint density at radius 1 is 1.50 bits per heavy atom. The monoisotopic (exact) mass is 256 g/mol. The molecule has 2 N–H and O–H groups in total. The highest BCUT2D eigenvalue weighted by molar-refractivity contribution is 9.10. The maximum atomic E-state index is 6.10. The van der Waals surface area contributed by atoms with Gasteiger partial charge in [0.2, 0.25) is 0 Å². The highest BCUT2D eigenvalue weighted by Gasteiger charge is 2.16. The second-order valence-electron chi connectivity index (χ2n) is 4.78. The van der Waals surface area contributed by atoms with Crippen molar-refractivity contribution in [1.82, 2.24) is 4.98 Å². The first-order valence-corrected chi connectivity index (χ1v) is 5.55. The summed E-state index contributed by atoms with van der Waals surface area (Å²) in [7, 11) is 0. The Morgan fingerprint density at radius 2 is 2.14 bits per heavy atom. The lowest BCUT2D eigenvalue weighted by atomic mass is 9.86. The Balaban J connectivity index is 2.74. The molecule has 0 aromatic carbocycles. The van der Waals surface area contributed by atoms with Gasteiger partial charge in [-0.15, -0.1) is 0 Å². The molecule has 0 saturated carbocycles. The Bertz CT molecular complexity index is 304. The van der Waals surface area contributed by atoms with Crippen LogP contribution >= 0.6 is 15.9 Å². The summed E-state index contributed by atoms with van der Waals surface area (Å²) in [5, 5.41) is 0. The Morgan fingerprint density at radius 3 is 2.64 bits per heavy atom. The fourth-order valence-electron chi connectivity index (χ4n) is 1.43. The van der Waals surface area contributed by atoms with E-state index in [0.717, 1.165) is 16.6 Å². The molecule has 0 fully saturated rings. The molecule has 1 rings (SSSR count). The molecular weight excluding hydrogens is 240 g/mol. The van der Waals surface area contributed by atoms with Gasteiger partial charge in [-0.1, -0.05) is 20.8 Å². The van der Waals surface area contributed by atoms with Crippen molar-refractivity contribution >= 4 is 15.9 Å². The third kappa shape index (κ3) is 3.76. The van der Waals surface area contributed by atoms with Gasteiger partial charge in [0.1, 0.15) is 4.60 Å². The first kappa shape index (κ1) is 11.7. The summed E-state index contributed by atoms with van der Waals surface area (Å²) < 4.78 is 0.847. The van der Waals surface area contributed by atoms with Crippen LogP contribution in [0.5, 0.6) is 0 Å². The molecule has 0 radical (unpaired) electrons. The summed E-state index contributed by atoms with van der Waals surface area (Å²) >= 11 is 3.34. The Labute approximate surface area is 94.0 Å². The van der Waals surface area contributed by atoms with E-state index in [9.17, 15) is 0 Å². The average molecular weight is 257 g/mol. The second kappa shape index (κ2) is 4.41. The van der Waals surface area contributed by atoms with Crippen molar-refractivity contribution in [2.75, 3.05) is 0 Å². The van der Waals surface area contributed by atoms with Crippen LogP contribution in [0.1, 0.15) is 38.8 Å². The number of halogens is 1. The van der Waals surface area contributed by atoms with Gasteiger partial charge < -0.3 is 5.73 Å². The zero-order valence-corrected chi connectivity index (χ0v) is 10.5. The quantitative estimate of drug-likeness (QED) is 0.826. The molecule has 78 valence electrons. The van der Waals surface area contributed by atoms with Gasteiger partial charge in [0.05, 0.1) is 0 Å². The molecule has 0 spiro atoms. The predicted octanol–water partition coefficient (Wildman–Crippen LogP) is 3.28. The van der Waals surface area contributed by atoms with Crippen molar-refractivity contribution < 1.29 is 0 Å². The van der Waals surface area contributed by atoms with Gasteiger partial charge in [-0.3, -0.25) is 0 Å². The van der Waals surface area contributed by atoms with Crippen LogP contribution in [0.4, 0.5) is 0 Å². The Kier molecular flexibility index (Phi) is 3.67. The molecule has 0 saturated heterocycles. The van der Waals surface area contributed by atoms with E-state index < -0.39 is 0 Å². The summed E-state index contributed by atoms with van der Waals surface area (Å²) in [6.07, 6.45) is 2.76. The summed E-state index contributed by atoms with van der Waals surface area (Å²) in [5.41, 5.74) is 7.50. The van der Waals surface area contributed by atoms with Crippen LogP contribution in [0.15, 0.2) is 22.9 Å². The zero-order chi connectivity index (χ0) is 10.8. The normalized spacial score (nSPS) is 14.1. The molecule has 1 heterocycles. The Hall–Kier alpha value is -0.410. The standard InChI is InChI=1S/C11H17BrN2/c1-11(2,3)7-9(13)8-4-5-14-10(12)6-8/h4-6,9H,7,13H2,1-3H3. The van der Waals surface area contributed by atoms with E-state index in [0.29, 0.717) is 0 Å². The summed E-state index contributed by atoms with van der Waals surface area (Å²) in [6, 6.07) is 4.05. The van der Waals surface area contributed by atoms with Gasteiger partial charge in [-0.25, -0.2) is 4.98 Å². The smallest absolute Gasteiger partial charge is 0.106 e.